The number of hydrogen-bond acceptors (Lipinski definition) is 3. The molecule has 2 atom stereocenters. The number of carbonyl (C=O) groups excluding carboxylic acids is 1. The normalized spacial score (nSPS) is 22.4. The lowest BCUT2D eigenvalue weighted by molar-refractivity contribution is 0.0899. The predicted octanol–water partition coefficient (Wildman–Crippen LogP) is 2.78. The minimum atomic E-state index is -0.0830. The first-order chi connectivity index (χ1) is 8.70. The lowest BCUT2D eigenvalue weighted by atomic mass is 9.83. The zero-order chi connectivity index (χ0) is 13.0. The molecule has 1 heterocycles. The molecular formula is C14H22ClN3O. The van der Waals surface area contributed by atoms with Crippen LogP contribution in [0.25, 0.3) is 0 Å². The Balaban J connectivity index is 0.00000180. The third-order valence-corrected chi connectivity index (χ3v) is 3.77. The van der Waals surface area contributed by atoms with Crippen molar-refractivity contribution in [2.45, 2.75) is 45.1 Å². The Morgan fingerprint density at radius 1 is 1.42 bits per heavy atom. The molecule has 0 bridgehead atoms. The van der Waals surface area contributed by atoms with Crippen LogP contribution >= 0.6 is 12.4 Å². The Hall–Kier alpha value is -1.29. The highest BCUT2D eigenvalue weighted by molar-refractivity contribution is 5.92. The number of hydrogen-bond donors (Lipinski definition) is 2. The Kier molecular flexibility index (Phi) is 6.09. The van der Waals surface area contributed by atoms with Gasteiger partial charge >= 0.3 is 0 Å². The van der Waals surface area contributed by atoms with Gasteiger partial charge in [-0.15, -0.1) is 12.4 Å². The highest BCUT2D eigenvalue weighted by atomic mass is 35.5. The first-order valence-electron chi connectivity index (χ1n) is 6.73. The Morgan fingerprint density at radius 3 is 2.79 bits per heavy atom. The zero-order valence-electron chi connectivity index (χ0n) is 11.3. The average molecular weight is 284 g/mol. The predicted molar refractivity (Wildman–Crippen MR) is 79.4 cm³/mol. The van der Waals surface area contributed by atoms with E-state index in [1.54, 1.807) is 12.1 Å². The van der Waals surface area contributed by atoms with Gasteiger partial charge in [0.2, 0.25) is 0 Å². The summed E-state index contributed by atoms with van der Waals surface area (Å²) in [5.41, 5.74) is 6.59. The minimum absolute atomic E-state index is 0. The average Bonchev–Trinajstić information content (AvgIpc) is 2.40. The second-order valence-corrected chi connectivity index (χ2v) is 5.01. The van der Waals surface area contributed by atoms with Crippen LogP contribution in [0.1, 0.15) is 49.5 Å². The van der Waals surface area contributed by atoms with Crippen molar-refractivity contribution in [3.8, 4) is 0 Å². The fraction of sp³-hybridized carbons (Fsp3) is 0.571. The minimum Gasteiger partial charge on any atom is -0.397 e. The van der Waals surface area contributed by atoms with Gasteiger partial charge in [-0.3, -0.25) is 4.79 Å². The van der Waals surface area contributed by atoms with Gasteiger partial charge in [-0.05, 0) is 30.9 Å². The van der Waals surface area contributed by atoms with Crippen molar-refractivity contribution in [1.29, 1.82) is 0 Å². The molecule has 0 saturated heterocycles. The topological polar surface area (TPSA) is 68.0 Å². The molecule has 0 radical (unpaired) electrons. The van der Waals surface area contributed by atoms with E-state index < -0.39 is 0 Å². The zero-order valence-corrected chi connectivity index (χ0v) is 12.1. The van der Waals surface area contributed by atoms with Gasteiger partial charge in [0.1, 0.15) is 5.69 Å². The van der Waals surface area contributed by atoms with Crippen LogP contribution in [-0.2, 0) is 0 Å². The molecule has 1 aromatic rings. The standard InChI is InChI=1S/C14H21N3O.ClH/c1-2-10-5-3-4-6-12(10)17-14(18)13-8-7-11(15)9-16-13;/h7-10,12H,2-6,15H2,1H3,(H,17,18);1H. The first-order valence-corrected chi connectivity index (χ1v) is 6.73. The van der Waals surface area contributed by atoms with Gasteiger partial charge in [-0.2, -0.15) is 0 Å². The number of carbonyl (C=O) groups is 1. The maximum Gasteiger partial charge on any atom is 0.270 e. The van der Waals surface area contributed by atoms with E-state index in [9.17, 15) is 4.79 Å². The van der Waals surface area contributed by atoms with Crippen LogP contribution in [-0.4, -0.2) is 16.9 Å². The molecule has 5 heteroatoms. The summed E-state index contributed by atoms with van der Waals surface area (Å²) < 4.78 is 0. The Bertz CT molecular complexity index is 408. The molecule has 19 heavy (non-hydrogen) atoms. The van der Waals surface area contributed by atoms with Gasteiger partial charge < -0.3 is 11.1 Å². The molecule has 4 nitrogen and oxygen atoms in total. The van der Waals surface area contributed by atoms with Gasteiger partial charge in [-0.1, -0.05) is 26.2 Å². The third-order valence-electron chi connectivity index (χ3n) is 3.77. The molecule has 106 valence electrons. The second kappa shape index (κ2) is 7.34. The van der Waals surface area contributed by atoms with Crippen LogP contribution in [0, 0.1) is 5.92 Å². The smallest absolute Gasteiger partial charge is 0.270 e. The number of aromatic nitrogens is 1. The highest BCUT2D eigenvalue weighted by Gasteiger charge is 2.25. The van der Waals surface area contributed by atoms with E-state index in [1.165, 1.54) is 25.5 Å². The number of amides is 1. The van der Waals surface area contributed by atoms with Crippen molar-refractivity contribution in [3.63, 3.8) is 0 Å². The summed E-state index contributed by atoms with van der Waals surface area (Å²) in [7, 11) is 0. The van der Waals surface area contributed by atoms with Crippen molar-refractivity contribution < 1.29 is 4.79 Å². The molecule has 2 unspecified atom stereocenters. The lowest BCUT2D eigenvalue weighted by Crippen LogP contribution is -2.42. The number of anilines is 1. The quantitative estimate of drug-likeness (QED) is 0.896. The monoisotopic (exact) mass is 283 g/mol. The molecule has 1 amide bonds. The van der Waals surface area contributed by atoms with Crippen molar-refractivity contribution in [2.75, 3.05) is 5.73 Å². The van der Waals surface area contributed by atoms with Crippen molar-refractivity contribution >= 4 is 24.0 Å². The molecule has 0 aromatic carbocycles. The van der Waals surface area contributed by atoms with Crippen LogP contribution in [0.4, 0.5) is 5.69 Å². The lowest BCUT2D eigenvalue weighted by Gasteiger charge is -2.31. The van der Waals surface area contributed by atoms with Crippen LogP contribution in [0.5, 0.6) is 0 Å². The van der Waals surface area contributed by atoms with E-state index in [1.807, 2.05) is 0 Å². The molecule has 1 fully saturated rings. The summed E-state index contributed by atoms with van der Waals surface area (Å²) in [4.78, 5) is 16.1. The SMILES string of the molecule is CCC1CCCCC1NC(=O)c1ccc(N)cn1.Cl. The molecule has 1 aromatic heterocycles. The molecular weight excluding hydrogens is 262 g/mol. The second-order valence-electron chi connectivity index (χ2n) is 5.01. The van der Waals surface area contributed by atoms with E-state index >= 15 is 0 Å². The molecule has 1 saturated carbocycles. The number of nitrogen functional groups attached to an aromatic ring is 1. The van der Waals surface area contributed by atoms with E-state index in [4.69, 9.17) is 5.73 Å². The Morgan fingerprint density at radius 2 is 2.16 bits per heavy atom. The first kappa shape index (κ1) is 15.8. The summed E-state index contributed by atoms with van der Waals surface area (Å²) in [5, 5.41) is 3.11. The molecule has 2 rings (SSSR count). The van der Waals surface area contributed by atoms with Crippen LogP contribution in [0.3, 0.4) is 0 Å². The van der Waals surface area contributed by atoms with E-state index in [0.29, 0.717) is 23.3 Å². The summed E-state index contributed by atoms with van der Waals surface area (Å²) in [5.74, 6) is 0.525. The number of nitrogens with zero attached hydrogens (tertiary/aromatic N) is 1. The number of rotatable bonds is 3. The van der Waals surface area contributed by atoms with Gasteiger partial charge in [0.15, 0.2) is 0 Å². The van der Waals surface area contributed by atoms with Gasteiger partial charge in [0, 0.05) is 6.04 Å². The molecule has 0 spiro atoms. The van der Waals surface area contributed by atoms with Gasteiger partial charge in [0.05, 0.1) is 11.9 Å². The Labute approximate surface area is 120 Å². The summed E-state index contributed by atoms with van der Waals surface area (Å²) in [6.45, 7) is 2.19. The fourth-order valence-corrected chi connectivity index (χ4v) is 2.67. The van der Waals surface area contributed by atoms with E-state index in [0.717, 1.165) is 12.8 Å². The molecule has 3 N–H and O–H groups in total. The number of halogens is 1. The van der Waals surface area contributed by atoms with Gasteiger partial charge in [-0.25, -0.2) is 4.98 Å². The van der Waals surface area contributed by atoms with E-state index in [2.05, 4.69) is 17.2 Å². The maximum atomic E-state index is 12.1. The van der Waals surface area contributed by atoms with Crippen molar-refractivity contribution in [3.05, 3.63) is 24.0 Å². The summed E-state index contributed by atoms with van der Waals surface area (Å²) in [6, 6.07) is 3.68. The molecule has 0 aliphatic heterocycles. The largest absolute Gasteiger partial charge is 0.397 e. The molecule has 1 aliphatic carbocycles. The van der Waals surface area contributed by atoms with Crippen LogP contribution in [0.2, 0.25) is 0 Å². The van der Waals surface area contributed by atoms with Crippen molar-refractivity contribution in [1.82, 2.24) is 10.3 Å². The highest BCUT2D eigenvalue weighted by Crippen LogP contribution is 2.26. The third kappa shape index (κ3) is 4.10. The number of nitrogens with one attached hydrogen (secondary N) is 1. The number of nitrogens with two attached hydrogens (primary N) is 1. The van der Waals surface area contributed by atoms with E-state index in [-0.39, 0.29) is 18.3 Å². The van der Waals surface area contributed by atoms with Crippen LogP contribution in [0.15, 0.2) is 18.3 Å². The summed E-state index contributed by atoms with van der Waals surface area (Å²) >= 11 is 0. The van der Waals surface area contributed by atoms with Crippen molar-refractivity contribution in [2.24, 2.45) is 5.92 Å². The summed E-state index contributed by atoms with van der Waals surface area (Å²) in [6.07, 6.45) is 7.44. The fourth-order valence-electron chi connectivity index (χ4n) is 2.67. The van der Waals surface area contributed by atoms with Crippen LogP contribution < -0.4 is 11.1 Å². The molecule has 1 aliphatic rings. The maximum absolute atomic E-state index is 12.1. The number of pyridine rings is 1. The van der Waals surface area contributed by atoms with Gasteiger partial charge in [0.25, 0.3) is 5.91 Å².